The maximum absolute atomic E-state index is 13.1. The number of aliphatic imine (C=N–C) groups is 1. The van der Waals surface area contributed by atoms with E-state index in [1.54, 1.807) is 20.2 Å². The number of fused-ring (bicyclic) bond motifs is 1. The van der Waals surface area contributed by atoms with Crippen LogP contribution in [0.25, 0.3) is 0 Å². The molecule has 2 aliphatic rings. The van der Waals surface area contributed by atoms with Crippen LogP contribution in [0.15, 0.2) is 32.9 Å². The first-order valence-corrected chi connectivity index (χ1v) is 8.39. The summed E-state index contributed by atoms with van der Waals surface area (Å²) in [5.74, 6) is -0.804. The highest BCUT2D eigenvalue weighted by Gasteiger charge is 2.50. The second-order valence-electron chi connectivity index (χ2n) is 6.05. The first-order chi connectivity index (χ1) is 12.9. The van der Waals surface area contributed by atoms with Crippen LogP contribution in [0.1, 0.15) is 30.2 Å². The Morgan fingerprint density at radius 2 is 2.11 bits per heavy atom. The summed E-state index contributed by atoms with van der Waals surface area (Å²) in [6.45, 7) is 3.89. The Kier molecular flexibility index (Phi) is 4.93. The van der Waals surface area contributed by atoms with Gasteiger partial charge in [-0.1, -0.05) is 0 Å². The zero-order chi connectivity index (χ0) is 19.7. The number of hydrogen-bond acceptors (Lipinski definition) is 7. The maximum Gasteiger partial charge on any atom is 0.446 e. The van der Waals surface area contributed by atoms with E-state index >= 15 is 0 Å². The van der Waals surface area contributed by atoms with Crippen molar-refractivity contribution in [2.75, 3.05) is 20.8 Å². The van der Waals surface area contributed by atoms with Gasteiger partial charge in [0.15, 0.2) is 5.92 Å². The summed E-state index contributed by atoms with van der Waals surface area (Å²) < 4.78 is 17.0. The molecule has 9 heteroatoms. The quantitative estimate of drug-likeness (QED) is 0.573. The van der Waals surface area contributed by atoms with Crippen LogP contribution in [-0.4, -0.2) is 60.2 Å². The molecule has 0 aliphatic carbocycles. The number of amides is 3. The van der Waals surface area contributed by atoms with Crippen LogP contribution in [0.5, 0.6) is 0 Å². The molecule has 0 radical (unpaired) electrons. The number of methoxy groups -OCH3 is 1. The van der Waals surface area contributed by atoms with Crippen molar-refractivity contribution in [3.8, 4) is 0 Å². The maximum atomic E-state index is 13.1. The summed E-state index contributed by atoms with van der Waals surface area (Å²) in [6, 6.07) is 2.42. The van der Waals surface area contributed by atoms with Crippen molar-refractivity contribution < 1.29 is 32.9 Å². The van der Waals surface area contributed by atoms with Crippen LogP contribution in [0, 0.1) is 5.92 Å². The smallest absolute Gasteiger partial charge is 0.446 e. The van der Waals surface area contributed by atoms with Crippen LogP contribution in [0.4, 0.5) is 4.79 Å². The van der Waals surface area contributed by atoms with Gasteiger partial charge < -0.3 is 13.9 Å². The van der Waals surface area contributed by atoms with E-state index in [-0.39, 0.29) is 18.1 Å². The lowest BCUT2D eigenvalue weighted by atomic mass is 9.96. The lowest BCUT2D eigenvalue weighted by Crippen LogP contribution is -2.54. The van der Waals surface area contributed by atoms with Crippen molar-refractivity contribution in [3.63, 3.8) is 0 Å². The zero-order valence-electron chi connectivity index (χ0n) is 15.5. The van der Waals surface area contributed by atoms with Gasteiger partial charge in [-0.25, -0.2) is 9.59 Å². The number of imide groups is 1. The van der Waals surface area contributed by atoms with E-state index in [2.05, 4.69) is 9.73 Å². The lowest BCUT2D eigenvalue weighted by molar-refractivity contribution is -0.409. The Morgan fingerprint density at radius 1 is 1.37 bits per heavy atom. The molecule has 0 bridgehead atoms. The van der Waals surface area contributed by atoms with Gasteiger partial charge >= 0.3 is 17.9 Å². The van der Waals surface area contributed by atoms with Gasteiger partial charge in [-0.2, -0.15) is 9.48 Å². The summed E-state index contributed by atoms with van der Waals surface area (Å²) in [5, 5.41) is 0. The molecule has 3 rings (SSSR count). The van der Waals surface area contributed by atoms with E-state index in [9.17, 15) is 14.4 Å². The molecule has 2 aliphatic heterocycles. The molecule has 1 unspecified atom stereocenters. The van der Waals surface area contributed by atoms with Gasteiger partial charge in [-0.05, 0) is 26.0 Å². The van der Waals surface area contributed by atoms with E-state index < -0.39 is 23.8 Å². The van der Waals surface area contributed by atoms with Gasteiger partial charge in [-0.15, -0.1) is 4.99 Å². The molecule has 0 saturated heterocycles. The van der Waals surface area contributed by atoms with Crippen molar-refractivity contribution in [3.05, 3.63) is 35.0 Å². The van der Waals surface area contributed by atoms with Gasteiger partial charge in [0, 0.05) is 5.57 Å². The van der Waals surface area contributed by atoms with Gasteiger partial charge in [0.25, 0.3) is 5.84 Å². The molecule has 0 aromatic carbocycles. The molecule has 0 spiro atoms. The number of carbonyl (C=O) groups is 3. The fraction of sp³-hybridized carbons (Fsp3) is 0.389. The third-order valence-corrected chi connectivity index (χ3v) is 4.34. The molecule has 0 saturated carbocycles. The molecule has 1 atom stereocenters. The van der Waals surface area contributed by atoms with E-state index in [4.69, 9.17) is 9.15 Å². The van der Waals surface area contributed by atoms with Crippen molar-refractivity contribution in [1.82, 2.24) is 4.90 Å². The second-order valence-corrected chi connectivity index (χ2v) is 6.05. The predicted molar refractivity (Wildman–Crippen MR) is 93.5 cm³/mol. The number of nitrogens with zero attached hydrogens (tertiary/aromatic N) is 3. The standard InChI is InChI=1S/C18H20N3O6/c1-5-26-14-10(2)8-19-15-13(14)16(22)21(18(24)20(15)3)9-11-6-7-12(27-11)17(23)25-4/h6-8,13H,5,9H2,1-4H3/q+1. The Balaban J connectivity index is 1.94. The summed E-state index contributed by atoms with van der Waals surface area (Å²) >= 11 is 0. The number of esters is 1. The number of dihydropyridines is 1. The van der Waals surface area contributed by atoms with Crippen LogP contribution < -0.4 is 0 Å². The number of carbonyl (C=O) groups excluding carboxylic acids is 3. The summed E-state index contributed by atoms with van der Waals surface area (Å²) in [7, 11) is 2.79. The van der Waals surface area contributed by atoms with Crippen LogP contribution in [0.3, 0.4) is 0 Å². The fourth-order valence-corrected chi connectivity index (χ4v) is 3.01. The number of furan rings is 1. The van der Waals surface area contributed by atoms with Crippen molar-refractivity contribution in [1.29, 1.82) is 0 Å². The highest BCUT2D eigenvalue weighted by molar-refractivity contribution is 6.16. The molecule has 1 aromatic heterocycles. The number of allylic oxidation sites excluding steroid dienone is 1. The molecule has 3 heterocycles. The number of ether oxygens (including phenoxy) is 2. The minimum Gasteiger partial charge on any atom is -0.496 e. The molecule has 142 valence electrons. The van der Waals surface area contributed by atoms with E-state index in [1.165, 1.54) is 23.8 Å². The highest BCUT2D eigenvalue weighted by Crippen LogP contribution is 2.29. The summed E-state index contributed by atoms with van der Waals surface area (Å²) in [4.78, 5) is 42.6. The Bertz CT molecular complexity index is 908. The van der Waals surface area contributed by atoms with Gasteiger partial charge in [0.2, 0.25) is 5.76 Å². The van der Waals surface area contributed by atoms with Crippen LogP contribution >= 0.6 is 0 Å². The average molecular weight is 374 g/mol. The van der Waals surface area contributed by atoms with E-state index in [0.717, 1.165) is 10.5 Å². The molecule has 27 heavy (non-hydrogen) atoms. The monoisotopic (exact) mass is 374 g/mol. The number of rotatable bonds is 5. The van der Waals surface area contributed by atoms with Crippen molar-refractivity contribution in [2.24, 2.45) is 10.9 Å². The second kappa shape index (κ2) is 7.18. The molecule has 1 aromatic rings. The normalized spacial score (nSPS) is 19.6. The molecule has 9 nitrogen and oxygen atoms in total. The third kappa shape index (κ3) is 3.16. The van der Waals surface area contributed by atoms with Crippen LogP contribution in [0.2, 0.25) is 0 Å². The fourth-order valence-electron chi connectivity index (χ4n) is 3.01. The summed E-state index contributed by atoms with van der Waals surface area (Å²) in [6.07, 6.45) is 1.58. The first-order valence-electron chi connectivity index (χ1n) is 8.39. The molecule has 0 N–H and O–H groups in total. The number of hydrogen-bond donors (Lipinski definition) is 0. The molecule has 3 amide bonds. The minimum absolute atomic E-state index is 0.00183. The van der Waals surface area contributed by atoms with Crippen LogP contribution in [-0.2, 0) is 20.8 Å². The van der Waals surface area contributed by atoms with E-state index in [0.29, 0.717) is 18.2 Å². The predicted octanol–water partition coefficient (Wildman–Crippen LogP) is 1.58. The molecule has 0 fully saturated rings. The third-order valence-electron chi connectivity index (χ3n) is 4.34. The minimum atomic E-state index is -0.798. The van der Waals surface area contributed by atoms with Gasteiger partial charge in [0.05, 0.1) is 20.8 Å². The zero-order valence-corrected chi connectivity index (χ0v) is 15.5. The number of urea groups is 1. The van der Waals surface area contributed by atoms with Gasteiger partial charge in [0.1, 0.15) is 24.3 Å². The average Bonchev–Trinajstić information content (AvgIpc) is 3.13. The topological polar surface area (TPSA) is 101 Å². The lowest BCUT2D eigenvalue weighted by Gasteiger charge is -2.28. The first kappa shape index (κ1) is 18.6. The number of amidine groups is 1. The molecular formula is C18H20N3O6+. The van der Waals surface area contributed by atoms with Gasteiger partial charge in [-0.3, -0.25) is 4.79 Å². The molecular weight excluding hydrogens is 354 g/mol. The Morgan fingerprint density at radius 3 is 2.78 bits per heavy atom. The van der Waals surface area contributed by atoms with Crippen molar-refractivity contribution in [2.45, 2.75) is 20.4 Å². The highest BCUT2D eigenvalue weighted by atomic mass is 16.5. The SMILES string of the molecule is CCOC1=C(C)C=NC2=[N+](C)C(=O)N(Cc3ccc(C(=O)OC)o3)C(=O)C12. The largest absolute Gasteiger partial charge is 0.496 e. The van der Waals surface area contributed by atoms with Crippen molar-refractivity contribution >= 4 is 30.0 Å². The Hall–Kier alpha value is -3.23. The summed E-state index contributed by atoms with van der Waals surface area (Å²) in [5.41, 5.74) is 0.729. The van der Waals surface area contributed by atoms with E-state index in [1.807, 2.05) is 6.92 Å². The Labute approximate surface area is 155 Å².